The minimum absolute atomic E-state index is 0.650. The fraction of sp³-hybridized carbons (Fsp3) is 0. The molecule has 0 saturated carbocycles. The van der Waals surface area contributed by atoms with E-state index in [2.05, 4.69) is 126 Å². The van der Waals surface area contributed by atoms with E-state index in [-0.39, 0.29) is 0 Å². The molecule has 0 bridgehead atoms. The van der Waals surface area contributed by atoms with Crippen molar-refractivity contribution in [2.24, 2.45) is 0 Å². The Bertz CT molecular complexity index is 3220. The summed E-state index contributed by atoms with van der Waals surface area (Å²) in [5.41, 5.74) is 14.3. The van der Waals surface area contributed by atoms with Gasteiger partial charge in [-0.15, -0.1) is 0 Å². The average molecular weight is 718 g/mol. The molecule has 4 heterocycles. The Morgan fingerprint density at radius 2 is 0.929 bits per heavy atom. The highest BCUT2D eigenvalue weighted by atomic mass is 16.3. The summed E-state index contributed by atoms with van der Waals surface area (Å²) in [5.74, 6) is 0.650. The Morgan fingerprint density at radius 3 is 1.68 bits per heavy atom. The second-order valence-electron chi connectivity index (χ2n) is 14.0. The van der Waals surface area contributed by atoms with Gasteiger partial charge in [0, 0.05) is 61.8 Å². The zero-order valence-corrected chi connectivity index (χ0v) is 30.1. The van der Waals surface area contributed by atoms with Crippen molar-refractivity contribution < 1.29 is 8.83 Å². The number of para-hydroxylation sites is 3. The van der Waals surface area contributed by atoms with Gasteiger partial charge in [-0.25, -0.2) is 9.97 Å². The van der Waals surface area contributed by atoms with E-state index < -0.39 is 0 Å². The molecule has 4 aromatic heterocycles. The van der Waals surface area contributed by atoms with E-state index >= 15 is 0 Å². The maximum absolute atomic E-state index is 6.75. The number of benzene rings is 7. The van der Waals surface area contributed by atoms with Crippen LogP contribution in [0.2, 0.25) is 0 Å². The van der Waals surface area contributed by atoms with E-state index in [4.69, 9.17) is 18.8 Å². The van der Waals surface area contributed by atoms with E-state index in [0.29, 0.717) is 5.82 Å². The average Bonchev–Trinajstić information content (AvgIpc) is 3.86. The summed E-state index contributed by atoms with van der Waals surface area (Å²) < 4.78 is 13.3. The molecular formula is C51H31N3O2. The number of nitrogens with zero attached hydrogens (tertiary/aromatic N) is 3. The van der Waals surface area contributed by atoms with Crippen LogP contribution < -0.4 is 0 Å². The standard InChI is InChI=1S/C51H31N3O2/c1-2-10-35(11-3-1)44-30-45(54-51(53-44)36-25-23-33(24-26-36)32-19-21-34(22-20-32)37-12-9-29-52-31-37)42-28-27-41(50-48(42)43-14-5-7-18-47(43)56-50)40-16-8-15-39-38-13-4-6-17-46(38)55-49(39)40/h1-31H. The molecule has 0 atom stereocenters. The van der Waals surface area contributed by atoms with Gasteiger partial charge in [-0.05, 0) is 52.6 Å². The smallest absolute Gasteiger partial charge is 0.160 e. The van der Waals surface area contributed by atoms with Crippen LogP contribution in [-0.4, -0.2) is 15.0 Å². The highest BCUT2D eigenvalue weighted by Gasteiger charge is 2.22. The Labute approximate surface area is 322 Å². The third-order valence-corrected chi connectivity index (χ3v) is 10.6. The van der Waals surface area contributed by atoms with Gasteiger partial charge in [0.05, 0.1) is 11.4 Å². The van der Waals surface area contributed by atoms with Gasteiger partial charge in [0.2, 0.25) is 0 Å². The maximum atomic E-state index is 6.75. The highest BCUT2D eigenvalue weighted by Crippen LogP contribution is 2.45. The third kappa shape index (κ3) is 5.37. The zero-order chi connectivity index (χ0) is 37.0. The molecule has 5 nitrogen and oxygen atoms in total. The maximum Gasteiger partial charge on any atom is 0.160 e. The van der Waals surface area contributed by atoms with Gasteiger partial charge in [0.25, 0.3) is 0 Å². The number of furan rings is 2. The van der Waals surface area contributed by atoms with Crippen molar-refractivity contribution in [3.8, 4) is 67.3 Å². The molecule has 11 rings (SSSR count). The summed E-state index contributed by atoms with van der Waals surface area (Å²) in [7, 11) is 0. The first-order chi connectivity index (χ1) is 27.7. The SMILES string of the molecule is c1ccc(-c2cc(-c3ccc(-c4cccc5c4oc4ccccc45)c4oc5ccccc5c34)nc(-c3ccc(-c4ccc(-c5cccnc5)cc4)cc3)n2)cc1. The quantitative estimate of drug-likeness (QED) is 0.171. The Kier molecular flexibility index (Phi) is 7.42. The van der Waals surface area contributed by atoms with Crippen LogP contribution in [-0.2, 0) is 0 Å². The summed E-state index contributed by atoms with van der Waals surface area (Å²) in [5, 5.41) is 4.19. The predicted molar refractivity (Wildman–Crippen MR) is 227 cm³/mol. The summed E-state index contributed by atoms with van der Waals surface area (Å²) >= 11 is 0. The summed E-state index contributed by atoms with van der Waals surface area (Å²) in [4.78, 5) is 14.7. The number of hydrogen-bond acceptors (Lipinski definition) is 5. The first-order valence-corrected chi connectivity index (χ1v) is 18.7. The van der Waals surface area contributed by atoms with E-state index in [1.807, 2.05) is 60.8 Å². The number of rotatable bonds is 6. The van der Waals surface area contributed by atoms with Crippen molar-refractivity contribution >= 4 is 43.9 Å². The van der Waals surface area contributed by atoms with Gasteiger partial charge >= 0.3 is 0 Å². The largest absolute Gasteiger partial charge is 0.455 e. The van der Waals surface area contributed by atoms with Crippen molar-refractivity contribution in [1.82, 2.24) is 15.0 Å². The molecule has 0 fully saturated rings. The molecule has 262 valence electrons. The molecule has 0 spiro atoms. The molecule has 5 heteroatoms. The normalized spacial score (nSPS) is 11.6. The van der Waals surface area contributed by atoms with Crippen molar-refractivity contribution in [2.45, 2.75) is 0 Å². The number of hydrogen-bond donors (Lipinski definition) is 0. The Hall–Kier alpha value is -7.63. The van der Waals surface area contributed by atoms with Crippen molar-refractivity contribution in [2.75, 3.05) is 0 Å². The zero-order valence-electron chi connectivity index (χ0n) is 30.1. The molecule has 7 aromatic carbocycles. The number of fused-ring (bicyclic) bond motifs is 6. The van der Waals surface area contributed by atoms with E-state index in [9.17, 15) is 0 Å². The van der Waals surface area contributed by atoms with Gasteiger partial charge in [-0.3, -0.25) is 4.98 Å². The van der Waals surface area contributed by atoms with Crippen LogP contribution in [0.1, 0.15) is 0 Å². The topological polar surface area (TPSA) is 65.0 Å². The van der Waals surface area contributed by atoms with Crippen LogP contribution in [0, 0.1) is 0 Å². The van der Waals surface area contributed by atoms with Crippen LogP contribution in [0.3, 0.4) is 0 Å². The van der Waals surface area contributed by atoms with Gasteiger partial charge in [-0.1, -0.05) is 146 Å². The lowest BCUT2D eigenvalue weighted by Crippen LogP contribution is -1.96. The predicted octanol–water partition coefficient (Wildman–Crippen LogP) is 13.7. The summed E-state index contributed by atoms with van der Waals surface area (Å²) in [6, 6.07) is 60.5. The van der Waals surface area contributed by atoms with E-state index in [1.165, 1.54) is 0 Å². The molecule has 0 aliphatic heterocycles. The third-order valence-electron chi connectivity index (χ3n) is 10.6. The summed E-state index contributed by atoms with van der Waals surface area (Å²) in [6.07, 6.45) is 3.68. The molecule has 11 aromatic rings. The van der Waals surface area contributed by atoms with Crippen LogP contribution in [0.5, 0.6) is 0 Å². The molecule has 0 unspecified atom stereocenters. The molecule has 0 aliphatic rings. The molecule has 0 amide bonds. The summed E-state index contributed by atoms with van der Waals surface area (Å²) in [6.45, 7) is 0. The van der Waals surface area contributed by atoms with Gasteiger partial charge in [0.15, 0.2) is 5.82 Å². The monoisotopic (exact) mass is 717 g/mol. The molecule has 0 saturated heterocycles. The van der Waals surface area contributed by atoms with Crippen LogP contribution in [0.25, 0.3) is 111 Å². The van der Waals surface area contributed by atoms with E-state index in [1.54, 1.807) is 6.20 Å². The first-order valence-electron chi connectivity index (χ1n) is 18.7. The second-order valence-corrected chi connectivity index (χ2v) is 14.0. The lowest BCUT2D eigenvalue weighted by atomic mass is 9.95. The van der Waals surface area contributed by atoms with Gasteiger partial charge < -0.3 is 8.83 Å². The fourth-order valence-electron chi connectivity index (χ4n) is 7.88. The first kappa shape index (κ1) is 31.9. The van der Waals surface area contributed by atoms with Crippen LogP contribution >= 0.6 is 0 Å². The minimum Gasteiger partial charge on any atom is -0.455 e. The molecule has 0 aliphatic carbocycles. The Morgan fingerprint density at radius 1 is 0.357 bits per heavy atom. The van der Waals surface area contributed by atoms with Crippen molar-refractivity contribution in [3.63, 3.8) is 0 Å². The highest BCUT2D eigenvalue weighted by molar-refractivity contribution is 6.18. The molecule has 56 heavy (non-hydrogen) atoms. The van der Waals surface area contributed by atoms with Crippen molar-refractivity contribution in [3.05, 3.63) is 188 Å². The van der Waals surface area contributed by atoms with Gasteiger partial charge in [-0.2, -0.15) is 0 Å². The minimum atomic E-state index is 0.650. The van der Waals surface area contributed by atoms with Gasteiger partial charge in [0.1, 0.15) is 22.3 Å². The van der Waals surface area contributed by atoms with Crippen molar-refractivity contribution in [1.29, 1.82) is 0 Å². The number of pyridine rings is 1. The fourth-order valence-corrected chi connectivity index (χ4v) is 7.88. The Balaban J connectivity index is 1.06. The molecule has 0 N–H and O–H groups in total. The van der Waals surface area contributed by atoms with Crippen LogP contribution in [0.15, 0.2) is 197 Å². The lowest BCUT2D eigenvalue weighted by molar-refractivity contribution is 0.665. The van der Waals surface area contributed by atoms with E-state index in [0.717, 1.165) is 105 Å². The van der Waals surface area contributed by atoms with Crippen LogP contribution in [0.4, 0.5) is 0 Å². The molecular weight excluding hydrogens is 687 g/mol. The number of aromatic nitrogens is 3. The lowest BCUT2D eigenvalue weighted by Gasteiger charge is -2.12. The molecule has 0 radical (unpaired) electrons. The second kappa shape index (κ2) is 13.0.